The van der Waals surface area contributed by atoms with Gasteiger partial charge in [-0.25, -0.2) is 0 Å². The summed E-state index contributed by atoms with van der Waals surface area (Å²) in [5.41, 5.74) is 1.27. The van der Waals surface area contributed by atoms with Crippen molar-refractivity contribution < 1.29 is 28.4 Å². The fourth-order valence-corrected chi connectivity index (χ4v) is 2.18. The Bertz CT molecular complexity index is 388. The molecule has 150 valence electrons. The Kier molecular flexibility index (Phi) is 15.3. The van der Waals surface area contributed by atoms with Crippen molar-refractivity contribution in [2.75, 3.05) is 80.5 Å². The summed E-state index contributed by atoms with van der Waals surface area (Å²) in [6.45, 7) is 6.56. The van der Waals surface area contributed by atoms with Gasteiger partial charge >= 0.3 is 0 Å². The number of hydrogen-bond acceptors (Lipinski definition) is 7. The van der Waals surface area contributed by atoms with Crippen LogP contribution in [0.2, 0.25) is 0 Å². The maximum Gasteiger partial charge on any atom is 0.146 e. The first-order valence-electron chi connectivity index (χ1n) is 8.92. The third-order valence-electron chi connectivity index (χ3n) is 3.52. The second-order valence-electron chi connectivity index (χ2n) is 5.62. The van der Waals surface area contributed by atoms with Crippen molar-refractivity contribution in [2.24, 2.45) is 0 Å². The van der Waals surface area contributed by atoms with Crippen LogP contribution in [-0.2, 0) is 35.0 Å². The van der Waals surface area contributed by atoms with Gasteiger partial charge in [-0.3, -0.25) is 4.90 Å². The van der Waals surface area contributed by atoms with Gasteiger partial charge in [0.15, 0.2) is 0 Å². The Morgan fingerprint density at radius 1 is 0.654 bits per heavy atom. The molecule has 0 saturated carbocycles. The van der Waals surface area contributed by atoms with Gasteiger partial charge in [0.2, 0.25) is 0 Å². The van der Waals surface area contributed by atoms with Gasteiger partial charge in [0, 0.05) is 33.9 Å². The smallest absolute Gasteiger partial charge is 0.146 e. The minimum absolute atomic E-state index is 0.288. The molecular formula is C19H33NO6. The Morgan fingerprint density at radius 3 is 2.00 bits per heavy atom. The lowest BCUT2D eigenvalue weighted by Crippen LogP contribution is -2.31. The van der Waals surface area contributed by atoms with Crippen molar-refractivity contribution >= 4 is 0 Å². The molecule has 7 nitrogen and oxygen atoms in total. The average Bonchev–Trinajstić information content (AvgIpc) is 2.67. The largest absolute Gasteiger partial charge is 0.382 e. The summed E-state index contributed by atoms with van der Waals surface area (Å²) in [5, 5.41) is 0. The molecule has 0 heterocycles. The average molecular weight is 371 g/mol. The van der Waals surface area contributed by atoms with Crippen LogP contribution in [0.5, 0.6) is 0 Å². The predicted octanol–water partition coefficient (Wildman–Crippen LogP) is 1.76. The van der Waals surface area contributed by atoms with E-state index in [1.54, 1.807) is 14.2 Å². The van der Waals surface area contributed by atoms with Crippen molar-refractivity contribution in [1.29, 1.82) is 0 Å². The molecule has 0 aliphatic rings. The van der Waals surface area contributed by atoms with Gasteiger partial charge in [0.05, 0.1) is 39.6 Å². The summed E-state index contributed by atoms with van der Waals surface area (Å²) in [7, 11) is 3.25. The Labute approximate surface area is 157 Å². The maximum atomic E-state index is 5.62. The predicted molar refractivity (Wildman–Crippen MR) is 99.0 cm³/mol. The monoisotopic (exact) mass is 371 g/mol. The number of ether oxygens (including phenoxy) is 6. The van der Waals surface area contributed by atoms with Gasteiger partial charge in [-0.2, -0.15) is 0 Å². The molecule has 7 heteroatoms. The first kappa shape index (κ1) is 23.0. The fraction of sp³-hybridized carbons (Fsp3) is 0.684. The highest BCUT2D eigenvalue weighted by Gasteiger charge is 2.06. The highest BCUT2D eigenvalue weighted by atomic mass is 16.7. The molecule has 1 aromatic carbocycles. The fourth-order valence-electron chi connectivity index (χ4n) is 2.18. The summed E-state index contributed by atoms with van der Waals surface area (Å²) in [6, 6.07) is 10.4. The topological polar surface area (TPSA) is 58.6 Å². The van der Waals surface area contributed by atoms with E-state index in [-0.39, 0.29) is 6.79 Å². The van der Waals surface area contributed by atoms with Crippen LogP contribution in [0.4, 0.5) is 0 Å². The van der Waals surface area contributed by atoms with Crippen LogP contribution in [-0.4, -0.2) is 85.4 Å². The van der Waals surface area contributed by atoms with Gasteiger partial charge in [-0.15, -0.1) is 0 Å². The van der Waals surface area contributed by atoms with E-state index in [0.717, 1.165) is 19.6 Å². The lowest BCUT2D eigenvalue weighted by molar-refractivity contribution is -0.0715. The summed E-state index contributed by atoms with van der Waals surface area (Å²) in [4.78, 5) is 2.31. The van der Waals surface area contributed by atoms with Crippen LogP contribution in [0.25, 0.3) is 0 Å². The zero-order valence-corrected chi connectivity index (χ0v) is 16.1. The summed E-state index contributed by atoms with van der Waals surface area (Å²) in [5.74, 6) is 0. The van der Waals surface area contributed by atoms with Crippen LogP contribution >= 0.6 is 0 Å². The van der Waals surface area contributed by atoms with Crippen molar-refractivity contribution in [3.63, 3.8) is 0 Å². The van der Waals surface area contributed by atoms with Crippen molar-refractivity contribution in [3.05, 3.63) is 35.9 Å². The van der Waals surface area contributed by atoms with Crippen LogP contribution < -0.4 is 0 Å². The van der Waals surface area contributed by atoms with E-state index >= 15 is 0 Å². The lowest BCUT2D eigenvalue weighted by atomic mass is 10.2. The van der Waals surface area contributed by atoms with E-state index in [2.05, 4.69) is 29.2 Å². The zero-order chi connectivity index (χ0) is 18.7. The number of nitrogens with zero attached hydrogens (tertiary/aromatic N) is 1. The first-order chi connectivity index (χ1) is 12.9. The normalized spacial score (nSPS) is 11.3. The number of methoxy groups -OCH3 is 2. The third-order valence-corrected chi connectivity index (χ3v) is 3.52. The molecule has 26 heavy (non-hydrogen) atoms. The van der Waals surface area contributed by atoms with Crippen LogP contribution in [0.3, 0.4) is 0 Å². The molecule has 0 N–H and O–H groups in total. The highest BCUT2D eigenvalue weighted by molar-refractivity contribution is 5.14. The lowest BCUT2D eigenvalue weighted by Gasteiger charge is -2.22. The molecule has 0 fully saturated rings. The van der Waals surface area contributed by atoms with E-state index in [4.69, 9.17) is 28.4 Å². The Hall–Kier alpha value is -1.06. The van der Waals surface area contributed by atoms with Gasteiger partial charge in [0.1, 0.15) is 13.6 Å². The van der Waals surface area contributed by atoms with Gasteiger partial charge in [-0.05, 0) is 5.56 Å². The minimum atomic E-state index is 0.288. The first-order valence-corrected chi connectivity index (χ1v) is 8.92. The molecule has 0 spiro atoms. The molecule has 0 radical (unpaired) electrons. The van der Waals surface area contributed by atoms with Crippen molar-refractivity contribution in [3.8, 4) is 0 Å². The molecule has 0 aromatic heterocycles. The maximum absolute atomic E-state index is 5.62. The molecule has 0 amide bonds. The minimum Gasteiger partial charge on any atom is -0.382 e. The number of benzene rings is 1. The van der Waals surface area contributed by atoms with Crippen molar-refractivity contribution in [2.45, 2.75) is 6.54 Å². The Balaban J connectivity index is 2.21. The van der Waals surface area contributed by atoms with E-state index in [1.807, 2.05) is 6.07 Å². The summed E-state index contributed by atoms with van der Waals surface area (Å²) in [6.07, 6.45) is 0. The summed E-state index contributed by atoms with van der Waals surface area (Å²) >= 11 is 0. The molecule has 0 aliphatic carbocycles. The highest BCUT2D eigenvalue weighted by Crippen LogP contribution is 2.04. The number of hydrogen-bond donors (Lipinski definition) is 0. The molecule has 0 atom stereocenters. The van der Waals surface area contributed by atoms with Crippen LogP contribution in [0, 0.1) is 0 Å². The quantitative estimate of drug-likeness (QED) is 0.288. The second-order valence-corrected chi connectivity index (χ2v) is 5.62. The molecule has 1 aromatic rings. The van der Waals surface area contributed by atoms with E-state index in [1.165, 1.54) is 5.56 Å². The zero-order valence-electron chi connectivity index (χ0n) is 16.1. The van der Waals surface area contributed by atoms with E-state index < -0.39 is 0 Å². The summed E-state index contributed by atoms with van der Waals surface area (Å²) < 4.78 is 31.4. The van der Waals surface area contributed by atoms with Gasteiger partial charge in [0.25, 0.3) is 0 Å². The third kappa shape index (κ3) is 13.2. The van der Waals surface area contributed by atoms with Gasteiger partial charge < -0.3 is 28.4 Å². The van der Waals surface area contributed by atoms with Gasteiger partial charge in [-0.1, -0.05) is 30.3 Å². The molecule has 0 unspecified atom stereocenters. The standard InChI is InChI=1S/C19H33NO6/c1-21-12-13-26-18-24-11-9-20(16-19-6-4-3-5-7-19)8-10-23-14-15-25-17-22-2/h3-7H,8-18H2,1-2H3. The molecule has 0 aliphatic heterocycles. The molecule has 1 rings (SSSR count). The number of rotatable bonds is 18. The Morgan fingerprint density at radius 2 is 1.27 bits per heavy atom. The van der Waals surface area contributed by atoms with Crippen LogP contribution in [0.1, 0.15) is 5.56 Å². The molecule has 0 saturated heterocycles. The van der Waals surface area contributed by atoms with Crippen molar-refractivity contribution in [1.82, 2.24) is 4.90 Å². The van der Waals surface area contributed by atoms with Crippen LogP contribution in [0.15, 0.2) is 30.3 Å². The SMILES string of the molecule is COCCOCOCCN(CCOCCOCOC)Cc1ccccc1. The van der Waals surface area contributed by atoms with E-state index in [9.17, 15) is 0 Å². The molecule has 0 bridgehead atoms. The van der Waals surface area contributed by atoms with E-state index in [0.29, 0.717) is 46.4 Å². The molecular weight excluding hydrogens is 338 g/mol. The second kappa shape index (κ2) is 17.4.